The monoisotopic (exact) mass is 343 g/mol. The van der Waals surface area contributed by atoms with Crippen LogP contribution in [-0.2, 0) is 6.54 Å². The highest BCUT2D eigenvalue weighted by molar-refractivity contribution is 5.93. The molecular formula is C18H25N5O2. The lowest BCUT2D eigenvalue weighted by Crippen LogP contribution is -2.45. The van der Waals surface area contributed by atoms with Crippen molar-refractivity contribution in [3.63, 3.8) is 0 Å². The number of nitrogens with zero attached hydrogens (tertiary/aromatic N) is 5. The van der Waals surface area contributed by atoms with Crippen LogP contribution in [-0.4, -0.2) is 31.9 Å². The van der Waals surface area contributed by atoms with E-state index in [0.717, 1.165) is 23.2 Å². The van der Waals surface area contributed by atoms with E-state index >= 15 is 0 Å². The van der Waals surface area contributed by atoms with Crippen molar-refractivity contribution in [1.29, 1.82) is 0 Å². The van der Waals surface area contributed by atoms with Gasteiger partial charge in [0.2, 0.25) is 0 Å². The summed E-state index contributed by atoms with van der Waals surface area (Å²) in [4.78, 5) is 27.0. The molecule has 1 heterocycles. The summed E-state index contributed by atoms with van der Waals surface area (Å²) < 4.78 is 2.20. The third kappa shape index (κ3) is 3.81. The van der Waals surface area contributed by atoms with Gasteiger partial charge in [-0.1, -0.05) is 37.5 Å². The summed E-state index contributed by atoms with van der Waals surface area (Å²) in [6.07, 6.45) is 5.87. The van der Waals surface area contributed by atoms with Crippen LogP contribution in [0.5, 0.6) is 0 Å². The molecule has 1 aliphatic rings. The maximum absolute atomic E-state index is 12.9. The van der Waals surface area contributed by atoms with Crippen molar-refractivity contribution in [3.8, 4) is 0 Å². The number of anilines is 1. The number of aromatic nitrogens is 4. The van der Waals surface area contributed by atoms with Crippen LogP contribution in [0.3, 0.4) is 0 Å². The lowest BCUT2D eigenvalue weighted by atomic mass is 9.89. The molecule has 0 N–H and O–H groups in total. The van der Waals surface area contributed by atoms with Gasteiger partial charge in [-0.2, -0.15) is 4.68 Å². The molecule has 25 heavy (non-hydrogen) atoms. The van der Waals surface area contributed by atoms with Crippen molar-refractivity contribution in [2.75, 3.05) is 4.90 Å². The first kappa shape index (κ1) is 17.4. The maximum atomic E-state index is 12.9. The van der Waals surface area contributed by atoms with E-state index in [1.165, 1.54) is 23.9 Å². The van der Waals surface area contributed by atoms with Gasteiger partial charge in [-0.3, -0.25) is 4.90 Å². The van der Waals surface area contributed by atoms with Gasteiger partial charge >= 0.3 is 11.7 Å². The van der Waals surface area contributed by atoms with Crippen molar-refractivity contribution in [2.45, 2.75) is 58.5 Å². The highest BCUT2D eigenvalue weighted by atomic mass is 16.2. The first-order chi connectivity index (χ1) is 12.1. The molecular weight excluding hydrogens is 318 g/mol. The second-order valence-corrected chi connectivity index (χ2v) is 6.94. The zero-order chi connectivity index (χ0) is 17.8. The van der Waals surface area contributed by atoms with E-state index < -0.39 is 11.7 Å². The molecule has 0 unspecified atom stereocenters. The van der Waals surface area contributed by atoms with Gasteiger partial charge in [0.15, 0.2) is 0 Å². The smallest absolute Gasteiger partial charge is 0.290 e. The Morgan fingerprint density at radius 1 is 1.16 bits per heavy atom. The second-order valence-electron chi connectivity index (χ2n) is 6.94. The van der Waals surface area contributed by atoms with Crippen LogP contribution in [0, 0.1) is 5.92 Å². The fraction of sp³-hybridized carbons (Fsp3) is 0.556. The summed E-state index contributed by atoms with van der Waals surface area (Å²) in [6, 6.07) is 8.72. The van der Waals surface area contributed by atoms with Crippen LogP contribution in [0.2, 0.25) is 0 Å². The molecule has 1 aromatic heterocycles. The Balaban J connectivity index is 1.83. The highest BCUT2D eigenvalue weighted by Crippen LogP contribution is 2.24. The summed E-state index contributed by atoms with van der Waals surface area (Å²) in [5.41, 5.74) is 0.272. The van der Waals surface area contributed by atoms with Gasteiger partial charge in [0.05, 0.1) is 6.54 Å². The summed E-state index contributed by atoms with van der Waals surface area (Å²) in [6.45, 7) is 4.35. The Labute approximate surface area is 147 Å². The molecule has 1 amide bonds. The standard InChI is InChI=1S/C18H25N5O2/c1-14(2)22(16-11-7-4-8-12-16)18(25)23-17(24)21(19-20-23)13-15-9-5-3-6-10-15/h4,7-8,11-12,14-15H,3,5-6,9-10,13H2,1-2H3. The number of tetrazole rings is 1. The molecule has 0 atom stereocenters. The van der Waals surface area contributed by atoms with E-state index in [4.69, 9.17) is 0 Å². The number of benzene rings is 1. The second kappa shape index (κ2) is 7.63. The van der Waals surface area contributed by atoms with E-state index in [2.05, 4.69) is 10.4 Å². The Kier molecular flexibility index (Phi) is 5.31. The van der Waals surface area contributed by atoms with Crippen LogP contribution >= 0.6 is 0 Å². The van der Waals surface area contributed by atoms with Gasteiger partial charge < -0.3 is 0 Å². The molecule has 0 saturated heterocycles. The van der Waals surface area contributed by atoms with Crippen LogP contribution in [0.15, 0.2) is 35.1 Å². The summed E-state index contributed by atoms with van der Waals surface area (Å²) in [7, 11) is 0. The summed E-state index contributed by atoms with van der Waals surface area (Å²) in [5, 5.41) is 7.77. The van der Waals surface area contributed by atoms with Gasteiger partial charge in [-0.15, -0.1) is 4.68 Å². The quantitative estimate of drug-likeness (QED) is 0.800. The highest BCUT2D eigenvalue weighted by Gasteiger charge is 2.25. The first-order valence-corrected chi connectivity index (χ1v) is 8.99. The Morgan fingerprint density at radius 2 is 1.84 bits per heavy atom. The molecule has 1 fully saturated rings. The predicted octanol–water partition coefficient (Wildman–Crippen LogP) is 2.90. The van der Waals surface area contributed by atoms with Gasteiger partial charge in [0, 0.05) is 11.7 Å². The van der Waals surface area contributed by atoms with E-state index in [-0.39, 0.29) is 6.04 Å². The fourth-order valence-corrected chi connectivity index (χ4v) is 3.44. The minimum absolute atomic E-state index is 0.106. The number of para-hydroxylation sites is 1. The zero-order valence-electron chi connectivity index (χ0n) is 14.8. The van der Waals surface area contributed by atoms with Crippen LogP contribution < -0.4 is 10.6 Å². The zero-order valence-corrected chi connectivity index (χ0v) is 14.8. The molecule has 0 bridgehead atoms. The Morgan fingerprint density at radius 3 is 2.48 bits per heavy atom. The molecule has 1 saturated carbocycles. The third-order valence-corrected chi connectivity index (χ3v) is 4.73. The minimum Gasteiger partial charge on any atom is -0.290 e. The molecule has 0 spiro atoms. The van der Waals surface area contributed by atoms with Crippen molar-refractivity contribution in [1.82, 2.24) is 19.8 Å². The number of hydrogen-bond acceptors (Lipinski definition) is 4. The lowest BCUT2D eigenvalue weighted by molar-refractivity contribution is 0.242. The van der Waals surface area contributed by atoms with Crippen molar-refractivity contribution < 1.29 is 4.79 Å². The third-order valence-electron chi connectivity index (χ3n) is 4.73. The summed E-state index contributed by atoms with van der Waals surface area (Å²) in [5.74, 6) is 0.446. The predicted molar refractivity (Wildman–Crippen MR) is 95.7 cm³/mol. The Hall–Kier alpha value is -2.44. The molecule has 1 aromatic carbocycles. The molecule has 2 aromatic rings. The lowest BCUT2D eigenvalue weighted by Gasteiger charge is -2.25. The number of hydrogen-bond donors (Lipinski definition) is 0. The van der Waals surface area contributed by atoms with Crippen LogP contribution in [0.4, 0.5) is 10.5 Å². The first-order valence-electron chi connectivity index (χ1n) is 8.99. The number of carbonyl (C=O) groups excluding carboxylic acids is 1. The van der Waals surface area contributed by atoms with Gasteiger partial charge in [0.25, 0.3) is 0 Å². The van der Waals surface area contributed by atoms with E-state index in [1.807, 2.05) is 44.2 Å². The van der Waals surface area contributed by atoms with Gasteiger partial charge in [-0.25, -0.2) is 9.59 Å². The minimum atomic E-state index is -0.471. The average molecular weight is 343 g/mol. The Bertz CT molecular complexity index is 759. The largest absolute Gasteiger partial charge is 0.372 e. The number of carbonyl (C=O) groups is 1. The van der Waals surface area contributed by atoms with E-state index in [1.54, 1.807) is 4.90 Å². The van der Waals surface area contributed by atoms with Crippen LogP contribution in [0.25, 0.3) is 0 Å². The molecule has 0 radical (unpaired) electrons. The number of rotatable bonds is 4. The van der Waals surface area contributed by atoms with Crippen molar-refractivity contribution in [3.05, 3.63) is 40.8 Å². The summed E-state index contributed by atoms with van der Waals surface area (Å²) >= 11 is 0. The van der Waals surface area contributed by atoms with Crippen molar-refractivity contribution in [2.24, 2.45) is 5.92 Å². The van der Waals surface area contributed by atoms with Crippen molar-refractivity contribution >= 4 is 11.7 Å². The molecule has 7 nitrogen and oxygen atoms in total. The molecule has 134 valence electrons. The molecule has 0 aliphatic heterocycles. The molecule has 3 rings (SSSR count). The topological polar surface area (TPSA) is 73.0 Å². The van der Waals surface area contributed by atoms with E-state index in [9.17, 15) is 9.59 Å². The van der Waals surface area contributed by atoms with Crippen LogP contribution in [0.1, 0.15) is 46.0 Å². The normalized spacial score (nSPS) is 15.5. The van der Waals surface area contributed by atoms with Gasteiger partial charge in [0.1, 0.15) is 0 Å². The SMILES string of the molecule is CC(C)N(C(=O)n1nnn(CC2CCCCC2)c1=O)c1ccccc1. The fourth-order valence-electron chi connectivity index (χ4n) is 3.44. The van der Waals surface area contributed by atoms with E-state index in [0.29, 0.717) is 12.5 Å². The van der Waals surface area contributed by atoms with Gasteiger partial charge in [-0.05, 0) is 55.2 Å². The maximum Gasteiger partial charge on any atom is 0.372 e. The number of amides is 1. The average Bonchev–Trinajstić information content (AvgIpc) is 2.97. The molecule has 7 heteroatoms. The molecule has 1 aliphatic carbocycles.